The van der Waals surface area contributed by atoms with Crippen LogP contribution in [0.25, 0.3) is 28.0 Å². The Morgan fingerprint density at radius 2 is 1.46 bits per heavy atom. The SMILES string of the molecule is COc1ccc(-c2c3c4n(c(-c5ccc(OC)cc5)cn4c2C(=O)Nc2cccc(OC)c2)CCCC3)cc1. The number of benzene rings is 3. The molecule has 6 rings (SSSR count). The van der Waals surface area contributed by atoms with Gasteiger partial charge in [-0.05, 0) is 78.9 Å². The van der Waals surface area contributed by atoms with Crippen LogP contribution >= 0.6 is 0 Å². The molecule has 39 heavy (non-hydrogen) atoms. The number of hydrogen-bond acceptors (Lipinski definition) is 4. The zero-order valence-corrected chi connectivity index (χ0v) is 22.4. The van der Waals surface area contributed by atoms with Gasteiger partial charge < -0.3 is 24.1 Å². The van der Waals surface area contributed by atoms with Crippen molar-refractivity contribution < 1.29 is 19.0 Å². The van der Waals surface area contributed by atoms with Gasteiger partial charge in [0.25, 0.3) is 5.91 Å². The molecule has 0 spiro atoms. The number of ether oxygens (including phenoxy) is 3. The number of methoxy groups -OCH3 is 3. The molecule has 0 saturated heterocycles. The molecule has 0 fully saturated rings. The fourth-order valence-corrected chi connectivity index (χ4v) is 5.56. The molecule has 0 aliphatic carbocycles. The fourth-order valence-electron chi connectivity index (χ4n) is 5.56. The summed E-state index contributed by atoms with van der Waals surface area (Å²) in [4.78, 5) is 14.1. The summed E-state index contributed by atoms with van der Waals surface area (Å²) in [6.07, 6.45) is 5.10. The zero-order chi connectivity index (χ0) is 26.9. The van der Waals surface area contributed by atoms with E-state index in [1.54, 1.807) is 21.3 Å². The normalized spacial score (nSPS) is 12.7. The maximum atomic E-state index is 14.1. The van der Waals surface area contributed by atoms with Gasteiger partial charge in [0.2, 0.25) is 0 Å². The number of rotatable bonds is 7. The molecule has 5 aromatic rings. The third kappa shape index (κ3) is 4.40. The van der Waals surface area contributed by atoms with Gasteiger partial charge in [-0.2, -0.15) is 0 Å². The lowest BCUT2D eigenvalue weighted by atomic mass is 9.97. The second kappa shape index (κ2) is 10.3. The van der Waals surface area contributed by atoms with Crippen molar-refractivity contribution in [2.75, 3.05) is 26.6 Å². The Hall–Kier alpha value is -4.65. The molecule has 0 unspecified atom stereocenters. The highest BCUT2D eigenvalue weighted by Crippen LogP contribution is 2.40. The highest BCUT2D eigenvalue weighted by Gasteiger charge is 2.29. The first-order chi connectivity index (χ1) is 19.1. The first-order valence-electron chi connectivity index (χ1n) is 13.1. The molecule has 3 aromatic carbocycles. The molecule has 0 saturated carbocycles. The number of hydrogen-bond donors (Lipinski definition) is 1. The summed E-state index contributed by atoms with van der Waals surface area (Å²) in [5.41, 5.74) is 7.66. The number of imidazole rings is 1. The highest BCUT2D eigenvalue weighted by molar-refractivity contribution is 6.10. The van der Waals surface area contributed by atoms with Gasteiger partial charge in [-0.1, -0.05) is 18.2 Å². The van der Waals surface area contributed by atoms with Crippen LogP contribution in [0.3, 0.4) is 0 Å². The third-order valence-electron chi connectivity index (χ3n) is 7.44. The number of nitrogens with one attached hydrogen (secondary N) is 1. The van der Waals surface area contributed by atoms with E-state index in [0.717, 1.165) is 65.3 Å². The van der Waals surface area contributed by atoms with Crippen molar-refractivity contribution in [2.45, 2.75) is 25.8 Å². The van der Waals surface area contributed by atoms with E-state index in [2.05, 4.69) is 32.6 Å². The maximum Gasteiger partial charge on any atom is 0.273 e. The Labute approximate surface area is 227 Å². The molecular weight excluding hydrogens is 490 g/mol. The van der Waals surface area contributed by atoms with Crippen LogP contribution in [-0.2, 0) is 13.0 Å². The molecule has 0 bridgehead atoms. The van der Waals surface area contributed by atoms with Crippen LogP contribution in [0.15, 0.2) is 79.0 Å². The van der Waals surface area contributed by atoms with Crippen LogP contribution in [0.2, 0.25) is 0 Å². The lowest BCUT2D eigenvalue weighted by Gasteiger charge is -2.11. The van der Waals surface area contributed by atoms with E-state index in [1.165, 1.54) is 5.56 Å². The van der Waals surface area contributed by atoms with Crippen LogP contribution in [0.1, 0.15) is 28.9 Å². The van der Waals surface area contributed by atoms with Crippen LogP contribution in [0, 0.1) is 0 Å². The number of amides is 1. The van der Waals surface area contributed by atoms with Gasteiger partial charge >= 0.3 is 0 Å². The van der Waals surface area contributed by atoms with Gasteiger partial charge in [-0.25, -0.2) is 0 Å². The molecule has 2 aromatic heterocycles. The number of carbonyl (C=O) groups is 1. The average molecular weight is 522 g/mol. The van der Waals surface area contributed by atoms with Crippen molar-refractivity contribution in [2.24, 2.45) is 0 Å². The lowest BCUT2D eigenvalue weighted by Crippen LogP contribution is -2.15. The largest absolute Gasteiger partial charge is 0.497 e. The molecule has 1 amide bonds. The molecule has 0 atom stereocenters. The van der Waals surface area contributed by atoms with Crippen molar-refractivity contribution in [3.05, 3.63) is 90.3 Å². The van der Waals surface area contributed by atoms with Crippen LogP contribution in [0.4, 0.5) is 5.69 Å². The third-order valence-corrected chi connectivity index (χ3v) is 7.44. The monoisotopic (exact) mass is 521 g/mol. The minimum atomic E-state index is -0.172. The van der Waals surface area contributed by atoms with Crippen molar-refractivity contribution in [1.82, 2.24) is 8.97 Å². The van der Waals surface area contributed by atoms with Gasteiger partial charge in [0.15, 0.2) is 0 Å². The minimum absolute atomic E-state index is 0.172. The van der Waals surface area contributed by atoms with E-state index in [9.17, 15) is 4.79 Å². The molecule has 1 N–H and O–H groups in total. The second-order valence-electron chi connectivity index (χ2n) is 9.66. The van der Waals surface area contributed by atoms with Gasteiger partial charge in [0.1, 0.15) is 28.6 Å². The second-order valence-corrected chi connectivity index (χ2v) is 9.66. The van der Waals surface area contributed by atoms with Crippen molar-refractivity contribution in [1.29, 1.82) is 0 Å². The highest BCUT2D eigenvalue weighted by atomic mass is 16.5. The smallest absolute Gasteiger partial charge is 0.273 e. The number of aryl methyl sites for hydroxylation is 2. The Bertz CT molecular complexity index is 1650. The van der Waals surface area contributed by atoms with E-state index in [1.807, 2.05) is 60.7 Å². The Balaban J connectivity index is 1.57. The van der Waals surface area contributed by atoms with Crippen LogP contribution < -0.4 is 19.5 Å². The topological polar surface area (TPSA) is 66.1 Å². The van der Waals surface area contributed by atoms with E-state index >= 15 is 0 Å². The molecule has 198 valence electrons. The maximum absolute atomic E-state index is 14.1. The van der Waals surface area contributed by atoms with E-state index < -0.39 is 0 Å². The summed E-state index contributed by atoms with van der Waals surface area (Å²) in [6.45, 7) is 0.883. The summed E-state index contributed by atoms with van der Waals surface area (Å²) in [5.74, 6) is 2.11. The Morgan fingerprint density at radius 3 is 2.13 bits per heavy atom. The zero-order valence-electron chi connectivity index (χ0n) is 22.4. The predicted octanol–water partition coefficient (Wildman–Crippen LogP) is 6.69. The molecule has 0 radical (unpaired) electrons. The molecule has 7 nitrogen and oxygen atoms in total. The summed E-state index contributed by atoms with van der Waals surface area (Å²) in [6, 6.07) is 23.5. The van der Waals surface area contributed by atoms with Gasteiger partial charge in [-0.3, -0.25) is 9.20 Å². The Kier molecular flexibility index (Phi) is 6.49. The van der Waals surface area contributed by atoms with Crippen LogP contribution in [-0.4, -0.2) is 36.2 Å². The van der Waals surface area contributed by atoms with Crippen molar-refractivity contribution in [3.63, 3.8) is 0 Å². The van der Waals surface area contributed by atoms with Crippen LogP contribution in [0.5, 0.6) is 17.2 Å². The minimum Gasteiger partial charge on any atom is -0.497 e. The van der Waals surface area contributed by atoms with Gasteiger partial charge in [0.05, 0.1) is 27.0 Å². The molecule has 1 aliphatic rings. The van der Waals surface area contributed by atoms with Crippen molar-refractivity contribution >= 4 is 17.2 Å². The predicted molar refractivity (Wildman–Crippen MR) is 153 cm³/mol. The first kappa shape index (κ1) is 24.7. The molecule has 3 heterocycles. The molecule has 1 aliphatic heterocycles. The summed E-state index contributed by atoms with van der Waals surface area (Å²) in [7, 11) is 4.95. The van der Waals surface area contributed by atoms with Crippen molar-refractivity contribution in [3.8, 4) is 39.6 Å². The van der Waals surface area contributed by atoms with E-state index in [4.69, 9.17) is 14.2 Å². The van der Waals surface area contributed by atoms with Gasteiger partial charge in [-0.15, -0.1) is 0 Å². The van der Waals surface area contributed by atoms with Gasteiger partial charge in [0, 0.05) is 35.6 Å². The first-order valence-corrected chi connectivity index (χ1v) is 13.1. The fraction of sp³-hybridized carbons (Fsp3) is 0.219. The summed E-state index contributed by atoms with van der Waals surface area (Å²) in [5, 5.41) is 3.12. The lowest BCUT2D eigenvalue weighted by molar-refractivity contribution is 0.102. The standard InChI is InChI=1S/C32H31N3O4/c1-37-24-14-10-21(11-15-24)28-20-35-30(31(36)33-23-7-6-8-26(19-23)39-3)29(22-12-16-25(38-2)17-13-22)27-9-4-5-18-34(28)32(27)35/h6-8,10-17,19-20H,4-5,9,18H2,1-3H3,(H,33,36). The molecular formula is C32H31N3O4. The number of carbonyl (C=O) groups excluding carboxylic acids is 1. The van der Waals surface area contributed by atoms with E-state index in [0.29, 0.717) is 17.1 Å². The number of aromatic nitrogens is 2. The average Bonchev–Trinajstić information content (AvgIpc) is 3.40. The Morgan fingerprint density at radius 1 is 0.795 bits per heavy atom. The summed E-state index contributed by atoms with van der Waals surface area (Å²) < 4.78 is 20.6. The number of nitrogens with zero attached hydrogens (tertiary/aromatic N) is 2. The molecule has 7 heteroatoms. The quantitative estimate of drug-likeness (QED) is 0.259. The number of anilines is 1. The summed E-state index contributed by atoms with van der Waals surface area (Å²) >= 11 is 0. The van der Waals surface area contributed by atoms with E-state index in [-0.39, 0.29) is 5.91 Å².